The van der Waals surface area contributed by atoms with Crippen LogP contribution in [0.3, 0.4) is 0 Å². The van der Waals surface area contributed by atoms with E-state index < -0.39 is 0 Å². The molecule has 8 heteroatoms. The zero-order valence-corrected chi connectivity index (χ0v) is 20.3. The van der Waals surface area contributed by atoms with Crippen molar-refractivity contribution in [2.24, 2.45) is 12.0 Å². The average molecular weight is 511 g/mol. The second-order valence-electron chi connectivity index (χ2n) is 7.20. The number of hydrogen-bond acceptors (Lipinski definition) is 3. The number of rotatable bonds is 8. The van der Waals surface area contributed by atoms with Crippen molar-refractivity contribution in [1.29, 1.82) is 0 Å². The molecular weight excluding hydrogens is 475 g/mol. The Morgan fingerprint density at radius 1 is 1.22 bits per heavy atom. The summed E-state index contributed by atoms with van der Waals surface area (Å²) in [6.07, 6.45) is 4.28. The molecule has 0 saturated carbocycles. The van der Waals surface area contributed by atoms with Crippen LogP contribution in [-0.4, -0.2) is 85.1 Å². The first-order chi connectivity index (χ1) is 12.5. The van der Waals surface area contributed by atoms with Crippen molar-refractivity contribution in [3.8, 4) is 0 Å². The summed E-state index contributed by atoms with van der Waals surface area (Å²) in [6.45, 7) is 10.6. The first kappa shape index (κ1) is 24.5. The Labute approximate surface area is 186 Å². The van der Waals surface area contributed by atoms with Gasteiger partial charge >= 0.3 is 0 Å². The number of halogens is 2. The molecule has 0 atom stereocenters. The van der Waals surface area contributed by atoms with Crippen LogP contribution in [0.1, 0.15) is 25.5 Å². The van der Waals surface area contributed by atoms with E-state index in [1.54, 1.807) is 0 Å². The molecule has 1 aliphatic heterocycles. The molecule has 156 valence electrons. The minimum Gasteiger partial charge on any atom is -0.357 e. The third kappa shape index (κ3) is 8.58. The van der Waals surface area contributed by atoms with Crippen molar-refractivity contribution in [3.63, 3.8) is 0 Å². The van der Waals surface area contributed by atoms with Gasteiger partial charge in [0.1, 0.15) is 0 Å². The number of aromatic nitrogens is 1. The zero-order valence-electron chi connectivity index (χ0n) is 17.2. The largest absolute Gasteiger partial charge is 0.357 e. The lowest BCUT2D eigenvalue weighted by molar-refractivity contribution is 0.152. The first-order valence-corrected chi connectivity index (χ1v) is 10.1. The lowest BCUT2D eigenvalue weighted by Crippen LogP contribution is -2.44. The molecule has 0 aromatic carbocycles. The number of nitrogens with one attached hydrogen (secondary N) is 1. The van der Waals surface area contributed by atoms with Crippen LogP contribution in [0.25, 0.3) is 0 Å². The number of piperazine rings is 1. The number of nitrogens with zero attached hydrogens (tertiary/aromatic N) is 5. The van der Waals surface area contributed by atoms with E-state index in [0.717, 1.165) is 37.0 Å². The van der Waals surface area contributed by atoms with Gasteiger partial charge in [0.05, 0.1) is 11.6 Å². The fourth-order valence-corrected chi connectivity index (χ4v) is 3.49. The second-order valence-corrected chi connectivity index (χ2v) is 7.64. The van der Waals surface area contributed by atoms with Crippen LogP contribution in [0.4, 0.5) is 0 Å². The molecule has 0 amide bonds. The van der Waals surface area contributed by atoms with Crippen LogP contribution in [0.5, 0.6) is 0 Å². The van der Waals surface area contributed by atoms with Crippen LogP contribution in [0.2, 0.25) is 5.02 Å². The van der Waals surface area contributed by atoms with E-state index in [1.165, 1.54) is 44.8 Å². The highest BCUT2D eigenvalue weighted by Gasteiger charge is 2.13. The number of likely N-dealkylation sites (N-methyl/N-ethyl adjacent to an activating group) is 1. The van der Waals surface area contributed by atoms with Gasteiger partial charge in [-0.05, 0) is 39.4 Å². The lowest BCUT2D eigenvalue weighted by Gasteiger charge is -2.32. The van der Waals surface area contributed by atoms with Gasteiger partial charge in [0.25, 0.3) is 0 Å². The lowest BCUT2D eigenvalue weighted by atomic mass is 10.2. The predicted molar refractivity (Wildman–Crippen MR) is 126 cm³/mol. The monoisotopic (exact) mass is 510 g/mol. The highest BCUT2D eigenvalue weighted by atomic mass is 127. The van der Waals surface area contributed by atoms with Crippen LogP contribution < -0.4 is 5.32 Å². The van der Waals surface area contributed by atoms with Crippen molar-refractivity contribution in [3.05, 3.63) is 23.0 Å². The second kappa shape index (κ2) is 12.9. The van der Waals surface area contributed by atoms with Crippen molar-refractivity contribution >= 4 is 41.5 Å². The van der Waals surface area contributed by atoms with Crippen molar-refractivity contribution in [2.45, 2.75) is 26.3 Å². The van der Waals surface area contributed by atoms with Crippen molar-refractivity contribution < 1.29 is 0 Å². The molecule has 1 aliphatic rings. The van der Waals surface area contributed by atoms with E-state index in [2.05, 4.69) is 45.6 Å². The molecule has 0 aliphatic carbocycles. The predicted octanol–water partition coefficient (Wildman–Crippen LogP) is 2.72. The third-order valence-corrected chi connectivity index (χ3v) is 5.12. The average Bonchev–Trinajstić information content (AvgIpc) is 2.92. The van der Waals surface area contributed by atoms with Crippen LogP contribution in [0, 0.1) is 0 Å². The fourth-order valence-electron chi connectivity index (χ4n) is 3.21. The molecule has 1 aromatic rings. The van der Waals surface area contributed by atoms with Gasteiger partial charge in [-0.1, -0.05) is 11.6 Å². The number of aliphatic imine (C=N–C) groups is 1. The molecule has 0 spiro atoms. The molecule has 6 nitrogen and oxygen atoms in total. The SMILES string of the molecule is CCNC(=NCCCCN1CCN(C)CC1)N(C)Cc1cc(Cl)cn1C.I. The van der Waals surface area contributed by atoms with Gasteiger partial charge in [0, 0.05) is 65.3 Å². The minimum atomic E-state index is 0. The Kier molecular flexibility index (Phi) is 11.7. The summed E-state index contributed by atoms with van der Waals surface area (Å²) in [6, 6.07) is 2.01. The van der Waals surface area contributed by atoms with Crippen LogP contribution in [0.15, 0.2) is 17.3 Å². The van der Waals surface area contributed by atoms with Crippen LogP contribution in [-0.2, 0) is 13.6 Å². The molecule has 1 aromatic heterocycles. The Morgan fingerprint density at radius 3 is 2.52 bits per heavy atom. The normalized spacial score (nSPS) is 16.3. The Bertz CT molecular complexity index is 569. The molecule has 1 N–H and O–H groups in total. The third-order valence-electron chi connectivity index (χ3n) is 4.91. The summed E-state index contributed by atoms with van der Waals surface area (Å²) in [5.41, 5.74) is 1.18. The summed E-state index contributed by atoms with van der Waals surface area (Å²) >= 11 is 6.09. The summed E-state index contributed by atoms with van der Waals surface area (Å²) in [5, 5.41) is 4.17. The van der Waals surface area contributed by atoms with E-state index in [1.807, 2.05) is 19.3 Å². The van der Waals surface area contributed by atoms with E-state index in [4.69, 9.17) is 16.6 Å². The summed E-state index contributed by atoms with van der Waals surface area (Å²) in [7, 11) is 6.30. The zero-order chi connectivity index (χ0) is 18.9. The molecule has 0 bridgehead atoms. The van der Waals surface area contributed by atoms with Crippen molar-refractivity contribution in [2.75, 3.05) is 59.9 Å². The van der Waals surface area contributed by atoms with Gasteiger partial charge in [-0.15, -0.1) is 24.0 Å². The smallest absolute Gasteiger partial charge is 0.194 e. The molecule has 2 heterocycles. The molecule has 1 fully saturated rings. The number of hydrogen-bond donors (Lipinski definition) is 1. The van der Waals surface area contributed by atoms with E-state index in [0.29, 0.717) is 0 Å². The molecule has 0 radical (unpaired) electrons. The van der Waals surface area contributed by atoms with Gasteiger partial charge in [-0.2, -0.15) is 0 Å². The van der Waals surface area contributed by atoms with Gasteiger partial charge in [-0.25, -0.2) is 0 Å². The van der Waals surface area contributed by atoms with E-state index in [9.17, 15) is 0 Å². The molecular formula is C19H36ClIN6. The first-order valence-electron chi connectivity index (χ1n) is 9.70. The number of guanidine groups is 1. The van der Waals surface area contributed by atoms with E-state index in [-0.39, 0.29) is 24.0 Å². The van der Waals surface area contributed by atoms with Gasteiger partial charge in [0.15, 0.2) is 5.96 Å². The van der Waals surface area contributed by atoms with E-state index >= 15 is 0 Å². The highest BCUT2D eigenvalue weighted by Crippen LogP contribution is 2.14. The maximum Gasteiger partial charge on any atom is 0.194 e. The van der Waals surface area contributed by atoms with Gasteiger partial charge in [0.2, 0.25) is 0 Å². The Balaban J connectivity index is 0.00000364. The Hall–Kier alpha value is -0.510. The highest BCUT2D eigenvalue weighted by molar-refractivity contribution is 14.0. The fraction of sp³-hybridized carbons (Fsp3) is 0.737. The maximum absolute atomic E-state index is 6.09. The molecule has 0 unspecified atom stereocenters. The van der Waals surface area contributed by atoms with Crippen molar-refractivity contribution in [1.82, 2.24) is 24.6 Å². The standard InChI is InChI=1S/C19H35ClN6.HI/c1-5-21-19(25(4)16-18-14-17(20)15-24(18)3)22-8-6-7-9-26-12-10-23(2)11-13-26;/h14-15H,5-13,16H2,1-4H3,(H,21,22);1H. The summed E-state index contributed by atoms with van der Waals surface area (Å²) < 4.78 is 2.07. The summed E-state index contributed by atoms with van der Waals surface area (Å²) in [4.78, 5) is 11.9. The molecule has 27 heavy (non-hydrogen) atoms. The van der Waals surface area contributed by atoms with Gasteiger partial charge < -0.3 is 24.6 Å². The quantitative estimate of drug-likeness (QED) is 0.253. The number of unbranched alkanes of at least 4 members (excludes halogenated alkanes) is 1. The van der Waals surface area contributed by atoms with Gasteiger partial charge in [-0.3, -0.25) is 4.99 Å². The Morgan fingerprint density at radius 2 is 1.93 bits per heavy atom. The number of aryl methyl sites for hydroxylation is 1. The maximum atomic E-state index is 6.09. The molecule has 2 rings (SSSR count). The molecule has 1 saturated heterocycles. The minimum absolute atomic E-state index is 0. The summed E-state index contributed by atoms with van der Waals surface area (Å²) in [5.74, 6) is 0.962. The van der Waals surface area contributed by atoms with Crippen LogP contribution >= 0.6 is 35.6 Å². The topological polar surface area (TPSA) is 39.0 Å².